The highest BCUT2D eigenvalue weighted by Crippen LogP contribution is 2.29. The van der Waals surface area contributed by atoms with Crippen LogP contribution >= 0.6 is 0 Å². The summed E-state index contributed by atoms with van der Waals surface area (Å²) in [5.74, 6) is 0. The zero-order valence-corrected chi connectivity index (χ0v) is 13.8. The lowest BCUT2D eigenvalue weighted by molar-refractivity contribution is 0.220. The van der Waals surface area contributed by atoms with Crippen LogP contribution in [0, 0.1) is 0 Å². The van der Waals surface area contributed by atoms with Crippen LogP contribution in [0.3, 0.4) is 0 Å². The molecule has 1 aliphatic rings. The molecule has 0 unspecified atom stereocenters. The van der Waals surface area contributed by atoms with E-state index in [9.17, 15) is 0 Å². The Labute approximate surface area is 96.1 Å². The predicted octanol–water partition coefficient (Wildman–Crippen LogP) is 2.02. The van der Waals surface area contributed by atoms with Crippen molar-refractivity contribution in [3.63, 3.8) is 0 Å². The molecule has 0 aromatic rings. The van der Waals surface area contributed by atoms with Crippen molar-refractivity contribution in [3.05, 3.63) is 0 Å². The number of nitrogens with one attached hydrogen (secondary N) is 1. The van der Waals surface area contributed by atoms with E-state index in [-0.39, 0.29) is 0 Å². The van der Waals surface area contributed by atoms with Gasteiger partial charge in [-0.1, -0.05) is 13.8 Å². The second kappa shape index (κ2) is 4.06. The second-order valence-electron chi connectivity index (χ2n) is 5.35. The van der Waals surface area contributed by atoms with Crippen molar-refractivity contribution in [2.75, 3.05) is 0 Å². The molecule has 1 heterocycles. The van der Waals surface area contributed by atoms with Crippen LogP contribution in [0.2, 0.25) is 32.7 Å². The van der Waals surface area contributed by atoms with Gasteiger partial charge in [0, 0.05) is 0 Å². The summed E-state index contributed by atoms with van der Waals surface area (Å²) in [7, 11) is -6.21. The molecule has 0 atom stereocenters. The Morgan fingerprint density at radius 1 is 0.800 bits per heavy atom. The molecule has 15 heavy (non-hydrogen) atoms. The molecule has 4 nitrogen and oxygen atoms in total. The molecule has 1 N–H and O–H groups in total. The Morgan fingerprint density at radius 2 is 1.20 bits per heavy atom. The fourth-order valence-corrected chi connectivity index (χ4v) is 17.6. The van der Waals surface area contributed by atoms with Gasteiger partial charge in [0.05, 0.1) is 0 Å². The third-order valence-corrected chi connectivity index (χ3v) is 14.0. The Hall–Kier alpha value is 0.491. The van der Waals surface area contributed by atoms with Crippen molar-refractivity contribution in [1.82, 2.24) is 4.98 Å². The number of hydrogen-bond acceptors (Lipinski definition) is 4. The number of hydrogen-bond donors (Lipinski definition) is 1. The summed E-state index contributed by atoms with van der Waals surface area (Å²) < 4.78 is 18.1. The summed E-state index contributed by atoms with van der Waals surface area (Å²) in [6.45, 7) is 14.7. The van der Waals surface area contributed by atoms with Gasteiger partial charge < -0.3 is 12.3 Å². The zero-order valence-electron chi connectivity index (χ0n) is 10.8. The Balaban J connectivity index is 2.82. The molecular weight excluding hydrogens is 242 g/mol. The van der Waals surface area contributed by atoms with Crippen molar-refractivity contribution in [3.8, 4) is 0 Å². The van der Waals surface area contributed by atoms with Crippen molar-refractivity contribution < 1.29 is 12.3 Å². The lowest BCUT2D eigenvalue weighted by atomic mass is 10.4. The van der Waals surface area contributed by atoms with Gasteiger partial charge in [-0.2, -0.15) is 0 Å². The second-order valence-corrected chi connectivity index (χ2v) is 15.6. The van der Waals surface area contributed by atoms with E-state index in [1.807, 2.05) is 0 Å². The normalized spacial score (nSPS) is 28.0. The molecule has 7 heteroatoms. The first-order chi connectivity index (χ1) is 6.54. The first-order valence-corrected chi connectivity index (χ1v) is 13.4. The molecule has 1 rings (SSSR count). The van der Waals surface area contributed by atoms with Gasteiger partial charge in [-0.3, -0.25) is 4.98 Å². The first-order valence-electron chi connectivity index (χ1n) is 5.42. The smallest absolute Gasteiger partial charge is 0.404 e. The molecule has 1 fully saturated rings. The first kappa shape index (κ1) is 13.6. The van der Waals surface area contributed by atoms with Gasteiger partial charge in [-0.05, 0) is 38.8 Å². The fourth-order valence-electron chi connectivity index (χ4n) is 2.18. The number of rotatable bonds is 2. The molecule has 0 saturated carbocycles. The third-order valence-electron chi connectivity index (χ3n) is 1.92. The summed E-state index contributed by atoms with van der Waals surface area (Å²) >= 11 is 0. The van der Waals surface area contributed by atoms with Crippen LogP contribution in [-0.4, -0.2) is 31.9 Å². The van der Waals surface area contributed by atoms with Crippen LogP contribution in [0.1, 0.15) is 13.8 Å². The quantitative estimate of drug-likeness (QED) is 0.776. The van der Waals surface area contributed by atoms with E-state index in [4.69, 9.17) is 12.3 Å². The van der Waals surface area contributed by atoms with Crippen LogP contribution in [-0.2, 0) is 12.3 Å². The maximum absolute atomic E-state index is 6.06. The van der Waals surface area contributed by atoms with Gasteiger partial charge in [0.2, 0.25) is 0 Å². The highest BCUT2D eigenvalue weighted by atomic mass is 28.5. The van der Waals surface area contributed by atoms with E-state index in [2.05, 4.69) is 51.6 Å². The maximum Gasteiger partial charge on any atom is 0.404 e. The summed E-state index contributed by atoms with van der Waals surface area (Å²) in [6.07, 6.45) is 0. The van der Waals surface area contributed by atoms with Crippen LogP contribution in [0.5, 0.6) is 0 Å². The summed E-state index contributed by atoms with van der Waals surface area (Å²) in [4.78, 5) is 3.45. The zero-order chi connectivity index (χ0) is 11.9. The third kappa shape index (κ3) is 4.10. The van der Waals surface area contributed by atoms with E-state index in [1.165, 1.54) is 0 Å². The van der Waals surface area contributed by atoms with E-state index in [0.717, 1.165) is 0 Å². The summed E-state index contributed by atoms with van der Waals surface area (Å²) in [5.41, 5.74) is 0. The van der Waals surface area contributed by atoms with Crippen LogP contribution in [0.25, 0.3) is 0 Å². The van der Waals surface area contributed by atoms with Gasteiger partial charge in [0.25, 0.3) is 0 Å². The molecule has 0 amide bonds. The molecule has 0 aromatic heterocycles. The molecule has 0 aliphatic carbocycles. The minimum atomic E-state index is -2.22. The highest BCUT2D eigenvalue weighted by molar-refractivity contribution is 6.92. The Bertz CT molecular complexity index is 229. The molecule has 1 aliphatic heterocycles. The predicted molar refractivity (Wildman–Crippen MR) is 68.1 cm³/mol. The van der Waals surface area contributed by atoms with E-state index in [0.29, 0.717) is 6.04 Å². The molecular formula is C8H23NO3Si3. The molecule has 0 aromatic carbocycles. The van der Waals surface area contributed by atoms with Gasteiger partial charge in [0.1, 0.15) is 0 Å². The van der Waals surface area contributed by atoms with Crippen LogP contribution in [0.4, 0.5) is 0 Å². The van der Waals surface area contributed by atoms with Crippen molar-refractivity contribution in [1.29, 1.82) is 0 Å². The molecule has 0 radical (unpaired) electrons. The standard InChI is InChI=1S/C8H23NO3Si3/c1-8(2)9-15(7)11-13(3,4)10-14(5,6)12-15/h8-9H,1-7H3. The van der Waals surface area contributed by atoms with E-state index < -0.39 is 25.8 Å². The topological polar surface area (TPSA) is 39.7 Å². The minimum absolute atomic E-state index is 0.384. The van der Waals surface area contributed by atoms with Crippen LogP contribution < -0.4 is 4.98 Å². The van der Waals surface area contributed by atoms with Crippen molar-refractivity contribution in [2.24, 2.45) is 0 Å². The largest absolute Gasteiger partial charge is 0.416 e. The lowest BCUT2D eigenvalue weighted by Crippen LogP contribution is -2.71. The van der Waals surface area contributed by atoms with Gasteiger partial charge in [0.15, 0.2) is 0 Å². The summed E-state index contributed by atoms with van der Waals surface area (Å²) in [5, 5.41) is 0. The van der Waals surface area contributed by atoms with Crippen LogP contribution in [0.15, 0.2) is 0 Å². The Morgan fingerprint density at radius 3 is 1.53 bits per heavy atom. The average Bonchev–Trinajstić information content (AvgIpc) is 1.70. The fraction of sp³-hybridized carbons (Fsp3) is 1.00. The van der Waals surface area contributed by atoms with Crippen molar-refractivity contribution >= 4 is 25.8 Å². The minimum Gasteiger partial charge on any atom is -0.416 e. The van der Waals surface area contributed by atoms with E-state index in [1.54, 1.807) is 0 Å². The van der Waals surface area contributed by atoms with E-state index >= 15 is 0 Å². The molecule has 0 spiro atoms. The lowest BCUT2D eigenvalue weighted by Gasteiger charge is -2.48. The Kier molecular flexibility index (Phi) is 3.67. The van der Waals surface area contributed by atoms with Gasteiger partial charge >= 0.3 is 25.8 Å². The average molecular weight is 266 g/mol. The maximum atomic E-state index is 6.06. The van der Waals surface area contributed by atoms with Gasteiger partial charge in [-0.25, -0.2) is 0 Å². The van der Waals surface area contributed by atoms with Crippen molar-refractivity contribution in [2.45, 2.75) is 52.6 Å². The molecule has 90 valence electrons. The molecule has 0 bridgehead atoms. The summed E-state index contributed by atoms with van der Waals surface area (Å²) in [6, 6.07) is 0.384. The SMILES string of the molecule is CC(C)N[Si]1(C)O[Si](C)(C)O[Si](C)(C)O1. The monoisotopic (exact) mass is 265 g/mol. The highest BCUT2D eigenvalue weighted by Gasteiger charge is 2.53. The van der Waals surface area contributed by atoms with Gasteiger partial charge in [-0.15, -0.1) is 0 Å². The molecule has 1 saturated heterocycles.